The van der Waals surface area contributed by atoms with Gasteiger partial charge >= 0.3 is 0 Å². The highest BCUT2D eigenvalue weighted by Crippen LogP contribution is 2.30. The summed E-state index contributed by atoms with van der Waals surface area (Å²) in [6.45, 7) is 10.2. The number of nitrogens with zero attached hydrogens (tertiary/aromatic N) is 2. The number of aryl methyl sites for hydroxylation is 2. The average molecular weight is 605 g/mol. The Morgan fingerprint density at radius 1 is 0.950 bits per heavy atom. The number of amides is 2. The van der Waals surface area contributed by atoms with E-state index in [1.165, 1.54) is 23.1 Å². The van der Waals surface area contributed by atoms with Crippen molar-refractivity contribution in [2.75, 3.05) is 10.8 Å². The van der Waals surface area contributed by atoms with Crippen LogP contribution in [0.3, 0.4) is 0 Å². The van der Waals surface area contributed by atoms with Crippen LogP contribution in [-0.2, 0) is 26.2 Å². The minimum Gasteiger partial charge on any atom is -0.350 e. The Kier molecular flexibility index (Phi) is 9.93. The van der Waals surface area contributed by atoms with E-state index in [9.17, 15) is 18.0 Å². The molecule has 2 amide bonds. The van der Waals surface area contributed by atoms with E-state index in [4.69, 9.17) is 23.2 Å². The van der Waals surface area contributed by atoms with Gasteiger partial charge in [0.25, 0.3) is 10.0 Å². The monoisotopic (exact) mass is 603 g/mol. The number of sulfonamides is 1. The molecule has 1 atom stereocenters. The molecule has 0 aliphatic heterocycles. The Morgan fingerprint density at radius 2 is 1.57 bits per heavy atom. The first-order valence-electron chi connectivity index (χ1n) is 12.8. The summed E-state index contributed by atoms with van der Waals surface area (Å²) in [6, 6.07) is 17.4. The molecule has 0 radical (unpaired) electrons. The predicted molar refractivity (Wildman–Crippen MR) is 161 cm³/mol. The topological polar surface area (TPSA) is 86.8 Å². The highest BCUT2D eigenvalue weighted by atomic mass is 35.5. The molecule has 3 aromatic carbocycles. The van der Waals surface area contributed by atoms with Gasteiger partial charge in [-0.1, -0.05) is 65.2 Å². The zero-order chi connectivity index (χ0) is 29.8. The maximum Gasteiger partial charge on any atom is 0.264 e. The van der Waals surface area contributed by atoms with Crippen molar-refractivity contribution >= 4 is 50.7 Å². The lowest BCUT2D eigenvalue weighted by Gasteiger charge is -2.34. The number of benzene rings is 3. The first-order valence-corrected chi connectivity index (χ1v) is 15.0. The Hall–Kier alpha value is -3.07. The molecule has 0 spiro atoms. The molecule has 40 heavy (non-hydrogen) atoms. The highest BCUT2D eigenvalue weighted by Gasteiger charge is 2.34. The van der Waals surface area contributed by atoms with Crippen LogP contribution in [0.15, 0.2) is 71.6 Å². The second-order valence-corrected chi connectivity index (χ2v) is 13.5. The van der Waals surface area contributed by atoms with Crippen molar-refractivity contribution in [3.63, 3.8) is 0 Å². The molecule has 214 valence electrons. The molecule has 0 aromatic heterocycles. The lowest BCUT2D eigenvalue weighted by molar-refractivity contribution is -0.140. The van der Waals surface area contributed by atoms with Crippen LogP contribution >= 0.6 is 23.2 Å². The zero-order valence-corrected chi connectivity index (χ0v) is 25.9. The fraction of sp³-hybridized carbons (Fsp3) is 0.333. The van der Waals surface area contributed by atoms with E-state index in [0.29, 0.717) is 21.2 Å². The molecule has 0 bridgehead atoms. The molecule has 0 saturated carbocycles. The van der Waals surface area contributed by atoms with Crippen LogP contribution in [0.1, 0.15) is 44.4 Å². The highest BCUT2D eigenvalue weighted by molar-refractivity contribution is 7.92. The fourth-order valence-corrected chi connectivity index (χ4v) is 5.90. The van der Waals surface area contributed by atoms with Crippen LogP contribution in [0, 0.1) is 13.8 Å². The van der Waals surface area contributed by atoms with Gasteiger partial charge < -0.3 is 10.2 Å². The van der Waals surface area contributed by atoms with Crippen molar-refractivity contribution in [1.29, 1.82) is 0 Å². The lowest BCUT2D eigenvalue weighted by atomic mass is 10.1. The number of rotatable bonds is 9. The summed E-state index contributed by atoms with van der Waals surface area (Å²) in [5.41, 5.74) is 1.86. The van der Waals surface area contributed by atoms with Gasteiger partial charge in [0.15, 0.2) is 0 Å². The normalized spacial score (nSPS) is 12.5. The molecule has 0 aliphatic carbocycles. The molecule has 10 heteroatoms. The number of anilines is 1. The second kappa shape index (κ2) is 12.6. The van der Waals surface area contributed by atoms with Gasteiger partial charge in [0.05, 0.1) is 10.6 Å². The molecule has 0 unspecified atom stereocenters. The van der Waals surface area contributed by atoms with E-state index < -0.39 is 34.1 Å². The summed E-state index contributed by atoms with van der Waals surface area (Å²) in [4.78, 5) is 28.6. The van der Waals surface area contributed by atoms with Crippen LogP contribution < -0.4 is 9.62 Å². The molecule has 3 rings (SSSR count). The van der Waals surface area contributed by atoms with E-state index in [1.54, 1.807) is 62.4 Å². The van der Waals surface area contributed by atoms with Crippen LogP contribution in [-0.4, -0.2) is 43.3 Å². The van der Waals surface area contributed by atoms with E-state index in [2.05, 4.69) is 5.32 Å². The Bertz CT molecular complexity index is 1490. The van der Waals surface area contributed by atoms with Gasteiger partial charge in [0.1, 0.15) is 12.6 Å². The number of nitrogens with one attached hydrogen (secondary N) is 1. The van der Waals surface area contributed by atoms with Crippen molar-refractivity contribution < 1.29 is 18.0 Å². The van der Waals surface area contributed by atoms with Crippen molar-refractivity contribution in [3.8, 4) is 0 Å². The maximum atomic E-state index is 14.0. The number of hydrogen-bond acceptors (Lipinski definition) is 4. The van der Waals surface area contributed by atoms with Gasteiger partial charge in [-0.05, 0) is 83.0 Å². The summed E-state index contributed by atoms with van der Waals surface area (Å²) >= 11 is 12.7. The van der Waals surface area contributed by atoms with E-state index in [0.717, 1.165) is 9.87 Å². The standard InChI is InChI=1S/C30H35Cl2N3O4S/c1-20-11-15-25(16-12-20)40(38,39)35(27-17-24(31)14-13-21(27)2)19-28(36)34(18-23-9-7-8-10-26(23)32)22(3)29(37)33-30(4,5)6/h7-17,22H,18-19H2,1-6H3,(H,33,37)/t22-/m0/s1. The van der Waals surface area contributed by atoms with Crippen molar-refractivity contribution in [2.45, 2.75) is 64.6 Å². The minimum atomic E-state index is -4.19. The summed E-state index contributed by atoms with van der Waals surface area (Å²) in [7, 11) is -4.19. The third kappa shape index (κ3) is 7.77. The average Bonchev–Trinajstić information content (AvgIpc) is 2.87. The molecular weight excluding hydrogens is 569 g/mol. The van der Waals surface area contributed by atoms with Gasteiger partial charge in [-0.3, -0.25) is 13.9 Å². The quantitative estimate of drug-likeness (QED) is 0.318. The molecule has 0 fully saturated rings. The van der Waals surface area contributed by atoms with Crippen LogP contribution in [0.4, 0.5) is 5.69 Å². The minimum absolute atomic E-state index is 0.00415. The van der Waals surface area contributed by atoms with Crippen molar-refractivity contribution in [3.05, 3.63) is 93.5 Å². The molecule has 0 aliphatic rings. The predicted octanol–water partition coefficient (Wildman–Crippen LogP) is 6.14. The van der Waals surface area contributed by atoms with E-state index in [1.807, 2.05) is 27.7 Å². The second-order valence-electron chi connectivity index (χ2n) is 10.8. The summed E-state index contributed by atoms with van der Waals surface area (Å²) in [5, 5.41) is 3.65. The molecular formula is C30H35Cl2N3O4S. The molecule has 0 heterocycles. The van der Waals surface area contributed by atoms with Gasteiger partial charge in [0, 0.05) is 22.1 Å². The van der Waals surface area contributed by atoms with E-state index >= 15 is 0 Å². The van der Waals surface area contributed by atoms with Crippen molar-refractivity contribution in [2.24, 2.45) is 0 Å². The maximum absolute atomic E-state index is 14.0. The smallest absolute Gasteiger partial charge is 0.264 e. The van der Waals surface area contributed by atoms with Gasteiger partial charge in [-0.25, -0.2) is 8.42 Å². The lowest BCUT2D eigenvalue weighted by Crippen LogP contribution is -2.54. The van der Waals surface area contributed by atoms with Crippen molar-refractivity contribution in [1.82, 2.24) is 10.2 Å². The summed E-state index contributed by atoms with van der Waals surface area (Å²) < 4.78 is 29.0. The number of carbonyl (C=O) groups is 2. The number of halogens is 2. The fourth-order valence-electron chi connectivity index (χ4n) is 4.07. The Labute approximate surface area is 247 Å². The van der Waals surface area contributed by atoms with Crippen LogP contribution in [0.2, 0.25) is 10.0 Å². The summed E-state index contributed by atoms with van der Waals surface area (Å²) in [5.74, 6) is -0.952. The van der Waals surface area contributed by atoms with Gasteiger partial charge in [0.2, 0.25) is 11.8 Å². The molecule has 1 N–H and O–H groups in total. The largest absolute Gasteiger partial charge is 0.350 e. The SMILES string of the molecule is Cc1ccc(S(=O)(=O)N(CC(=O)N(Cc2ccccc2Cl)[C@@H](C)C(=O)NC(C)(C)C)c2cc(Cl)ccc2C)cc1. The third-order valence-electron chi connectivity index (χ3n) is 6.29. The van der Waals surface area contributed by atoms with Crippen LogP contribution in [0.5, 0.6) is 0 Å². The first-order chi connectivity index (χ1) is 18.6. The third-order valence-corrected chi connectivity index (χ3v) is 8.67. The Balaban J connectivity index is 2.09. The van der Waals surface area contributed by atoms with Gasteiger partial charge in [-0.2, -0.15) is 0 Å². The molecule has 3 aromatic rings. The summed E-state index contributed by atoms with van der Waals surface area (Å²) in [6.07, 6.45) is 0. The number of hydrogen-bond donors (Lipinski definition) is 1. The van der Waals surface area contributed by atoms with E-state index in [-0.39, 0.29) is 23.0 Å². The van der Waals surface area contributed by atoms with Crippen LogP contribution in [0.25, 0.3) is 0 Å². The Morgan fingerprint density at radius 3 is 2.17 bits per heavy atom. The number of carbonyl (C=O) groups excluding carboxylic acids is 2. The molecule has 7 nitrogen and oxygen atoms in total. The first kappa shape index (κ1) is 31.5. The van der Waals surface area contributed by atoms with Gasteiger partial charge in [-0.15, -0.1) is 0 Å². The molecule has 0 saturated heterocycles. The zero-order valence-electron chi connectivity index (χ0n) is 23.5.